The summed E-state index contributed by atoms with van der Waals surface area (Å²) in [7, 11) is 2.93. The van der Waals surface area contributed by atoms with E-state index in [2.05, 4.69) is 10.6 Å². The Morgan fingerprint density at radius 3 is 1.11 bits per heavy atom. The molecule has 14 heteroatoms. The van der Waals surface area contributed by atoms with Crippen LogP contribution in [0.5, 0.6) is 0 Å². The molecule has 0 aromatic rings. The number of aliphatic hydroxyl groups excluding tert-OH is 10. The van der Waals surface area contributed by atoms with E-state index in [0.29, 0.717) is 0 Å². The minimum atomic E-state index is -2.17. The molecule has 10 atom stereocenters. The van der Waals surface area contributed by atoms with Crippen molar-refractivity contribution in [3.05, 3.63) is 0 Å². The second kappa shape index (κ2) is 15.2. The number of hydrogen-bond donors (Lipinski definition) is 12. The Kier molecular flexibility index (Phi) is 14.7. The quantitative estimate of drug-likeness (QED) is 0.0812. The van der Waals surface area contributed by atoms with Gasteiger partial charge >= 0.3 is 0 Å². The van der Waals surface area contributed by atoms with Crippen LogP contribution < -0.4 is 10.6 Å². The number of nitrogens with one attached hydrogen (secondary N) is 2. The number of ketones is 2. The lowest BCUT2D eigenvalue weighted by molar-refractivity contribution is -0.156. The molecule has 0 bridgehead atoms. The van der Waals surface area contributed by atoms with Crippen LogP contribution in [0, 0.1) is 5.41 Å². The second-order valence-corrected chi connectivity index (χ2v) is 9.53. The Hall–Kier alpha value is -1.14. The summed E-state index contributed by atoms with van der Waals surface area (Å²) >= 11 is 0. The van der Waals surface area contributed by atoms with Crippen LogP contribution in [0.2, 0.25) is 0 Å². The van der Waals surface area contributed by atoms with Gasteiger partial charge in [-0.2, -0.15) is 0 Å². The van der Waals surface area contributed by atoms with Crippen LogP contribution in [0.15, 0.2) is 0 Å². The Labute approximate surface area is 203 Å². The minimum absolute atomic E-state index is 0.140. The van der Waals surface area contributed by atoms with E-state index < -0.39 is 90.9 Å². The molecule has 0 fully saturated rings. The molecule has 0 saturated heterocycles. The van der Waals surface area contributed by atoms with Crippen molar-refractivity contribution in [1.82, 2.24) is 10.6 Å². The number of rotatable bonds is 18. The standard InChI is InChI=1S/C21H42N2O12/c1-21(2,5-9(24)13(28)17(32)19(34)15(30)11(26)7-22-3)6-10(25)14(29)18(33)20(35)16(31)12(27)8-23-4/h11-20,22-23,26-35H,5-8H2,1-4H3. The van der Waals surface area contributed by atoms with Gasteiger partial charge in [0, 0.05) is 25.9 Å². The van der Waals surface area contributed by atoms with Gasteiger partial charge in [-0.1, -0.05) is 13.8 Å². The van der Waals surface area contributed by atoms with Gasteiger partial charge in [0.05, 0.1) is 12.2 Å². The van der Waals surface area contributed by atoms with Crippen molar-refractivity contribution in [2.75, 3.05) is 27.2 Å². The molecule has 0 rings (SSSR count). The SMILES string of the molecule is CNCC(O)C(O)C(O)C(O)C(O)C(=O)CC(C)(C)CC(=O)C(O)C(O)C(O)C(O)C(O)CNC. The molecule has 0 amide bonds. The van der Waals surface area contributed by atoms with Crippen LogP contribution in [0.1, 0.15) is 26.7 Å². The van der Waals surface area contributed by atoms with E-state index in [1.165, 1.54) is 27.9 Å². The summed E-state index contributed by atoms with van der Waals surface area (Å²) in [6.45, 7) is 2.53. The first-order chi connectivity index (χ1) is 16.0. The van der Waals surface area contributed by atoms with Crippen molar-refractivity contribution in [2.45, 2.75) is 87.7 Å². The molecule has 10 unspecified atom stereocenters. The summed E-state index contributed by atoms with van der Waals surface area (Å²) in [5.41, 5.74) is -1.24. The van der Waals surface area contributed by atoms with Crippen LogP contribution in [0.4, 0.5) is 0 Å². The van der Waals surface area contributed by atoms with Crippen molar-refractivity contribution in [3.63, 3.8) is 0 Å². The molecule has 0 aromatic carbocycles. The van der Waals surface area contributed by atoms with E-state index in [0.717, 1.165) is 0 Å². The number of carbonyl (C=O) groups excluding carboxylic acids is 2. The minimum Gasteiger partial charge on any atom is -0.389 e. The monoisotopic (exact) mass is 514 g/mol. The van der Waals surface area contributed by atoms with Crippen LogP contribution in [-0.4, -0.2) is 151 Å². The Morgan fingerprint density at radius 1 is 0.571 bits per heavy atom. The summed E-state index contributed by atoms with van der Waals surface area (Å²) < 4.78 is 0. The highest BCUT2D eigenvalue weighted by Crippen LogP contribution is 2.28. The van der Waals surface area contributed by atoms with Gasteiger partial charge in [0.1, 0.15) is 48.8 Å². The molecule has 0 heterocycles. The van der Waals surface area contributed by atoms with Gasteiger partial charge in [-0.25, -0.2) is 0 Å². The number of hydrogen-bond acceptors (Lipinski definition) is 14. The second-order valence-electron chi connectivity index (χ2n) is 9.53. The Bertz CT molecular complexity index is 600. The van der Waals surface area contributed by atoms with Crippen molar-refractivity contribution in [2.24, 2.45) is 5.41 Å². The average molecular weight is 515 g/mol. The molecule has 35 heavy (non-hydrogen) atoms. The van der Waals surface area contributed by atoms with Gasteiger partial charge in [-0.15, -0.1) is 0 Å². The summed E-state index contributed by atoms with van der Waals surface area (Å²) in [6, 6.07) is 0. The molecule has 0 spiro atoms. The first-order valence-corrected chi connectivity index (χ1v) is 11.2. The predicted molar refractivity (Wildman–Crippen MR) is 121 cm³/mol. The Morgan fingerprint density at radius 2 is 0.857 bits per heavy atom. The first kappa shape index (κ1) is 33.9. The highest BCUT2D eigenvalue weighted by atomic mass is 16.4. The van der Waals surface area contributed by atoms with Crippen LogP contribution in [0.25, 0.3) is 0 Å². The van der Waals surface area contributed by atoms with E-state index in [-0.39, 0.29) is 13.1 Å². The zero-order valence-corrected chi connectivity index (χ0v) is 20.4. The third-order valence-electron chi connectivity index (χ3n) is 5.63. The first-order valence-electron chi connectivity index (χ1n) is 11.2. The zero-order valence-electron chi connectivity index (χ0n) is 20.4. The van der Waals surface area contributed by atoms with Crippen molar-refractivity contribution < 1.29 is 60.7 Å². The topological polar surface area (TPSA) is 260 Å². The van der Waals surface area contributed by atoms with Gasteiger partial charge in [0.15, 0.2) is 11.6 Å². The largest absolute Gasteiger partial charge is 0.389 e. The highest BCUT2D eigenvalue weighted by Gasteiger charge is 2.41. The molecule has 0 aromatic heterocycles. The van der Waals surface area contributed by atoms with E-state index in [4.69, 9.17) is 0 Å². The fourth-order valence-corrected chi connectivity index (χ4v) is 3.49. The van der Waals surface area contributed by atoms with Crippen molar-refractivity contribution in [1.29, 1.82) is 0 Å². The molecule has 208 valence electrons. The molecular weight excluding hydrogens is 472 g/mol. The molecule has 0 aliphatic rings. The van der Waals surface area contributed by atoms with Gasteiger partial charge in [0.2, 0.25) is 0 Å². The third kappa shape index (κ3) is 10.4. The van der Waals surface area contributed by atoms with E-state index in [1.807, 2.05) is 0 Å². The van der Waals surface area contributed by atoms with Gasteiger partial charge in [-0.3, -0.25) is 9.59 Å². The summed E-state index contributed by atoms with van der Waals surface area (Å²) in [4.78, 5) is 24.9. The maximum absolute atomic E-state index is 12.4. The fraction of sp³-hybridized carbons (Fsp3) is 0.905. The van der Waals surface area contributed by atoms with Crippen LogP contribution >= 0.6 is 0 Å². The number of carbonyl (C=O) groups is 2. The maximum Gasteiger partial charge on any atom is 0.164 e. The summed E-state index contributed by atoms with van der Waals surface area (Å²) in [5, 5.41) is 104. The lowest BCUT2D eigenvalue weighted by atomic mass is 9.79. The summed E-state index contributed by atoms with van der Waals surface area (Å²) in [5.74, 6) is -2.02. The van der Waals surface area contributed by atoms with Gasteiger partial charge < -0.3 is 61.7 Å². The summed E-state index contributed by atoms with van der Waals surface area (Å²) in [6.07, 6.45) is -20.6. The number of aliphatic hydroxyl groups is 10. The predicted octanol–water partition coefficient (Wildman–Crippen LogP) is -6.02. The number of likely N-dealkylation sites (N-methyl/N-ethyl adjacent to an activating group) is 2. The zero-order chi connectivity index (χ0) is 27.7. The molecule has 12 N–H and O–H groups in total. The molecule has 0 aliphatic carbocycles. The highest BCUT2D eigenvalue weighted by molar-refractivity contribution is 5.87. The smallest absolute Gasteiger partial charge is 0.164 e. The molecule has 0 saturated carbocycles. The average Bonchev–Trinajstić information content (AvgIpc) is 2.79. The van der Waals surface area contributed by atoms with Crippen molar-refractivity contribution >= 4 is 11.6 Å². The lowest BCUT2D eigenvalue weighted by Gasteiger charge is -2.31. The number of Topliss-reactive ketones (excluding diaryl/α,β-unsaturated/α-hetero) is 2. The molecule has 0 radical (unpaired) electrons. The molecular formula is C21H42N2O12. The van der Waals surface area contributed by atoms with Gasteiger partial charge in [-0.05, 0) is 19.5 Å². The normalized spacial score (nSPS) is 21.2. The lowest BCUT2D eigenvalue weighted by Crippen LogP contribution is -2.53. The molecule has 14 nitrogen and oxygen atoms in total. The third-order valence-corrected chi connectivity index (χ3v) is 5.63. The fourth-order valence-electron chi connectivity index (χ4n) is 3.49. The molecule has 0 aliphatic heterocycles. The van der Waals surface area contributed by atoms with Crippen LogP contribution in [-0.2, 0) is 9.59 Å². The maximum atomic E-state index is 12.4. The van der Waals surface area contributed by atoms with Gasteiger partial charge in [0.25, 0.3) is 0 Å². The van der Waals surface area contributed by atoms with Crippen molar-refractivity contribution in [3.8, 4) is 0 Å². The van der Waals surface area contributed by atoms with E-state index in [9.17, 15) is 60.7 Å². The van der Waals surface area contributed by atoms with Crippen LogP contribution in [0.3, 0.4) is 0 Å². The Balaban J connectivity index is 5.09. The van der Waals surface area contributed by atoms with E-state index in [1.54, 1.807) is 0 Å². The van der Waals surface area contributed by atoms with E-state index >= 15 is 0 Å².